The molecule has 0 bridgehead atoms. The number of hydrogen-bond donors (Lipinski definition) is 2. The molecule has 1 saturated heterocycles. The van der Waals surface area contributed by atoms with Crippen molar-refractivity contribution in [2.45, 2.75) is 31.3 Å². The van der Waals surface area contributed by atoms with Gasteiger partial charge in [0.2, 0.25) is 0 Å². The van der Waals surface area contributed by atoms with Gasteiger partial charge < -0.3 is 15.3 Å². The molecule has 0 amide bonds. The zero-order valence-corrected chi connectivity index (χ0v) is 16.6. The lowest BCUT2D eigenvalue weighted by atomic mass is 9.92. The maximum atomic E-state index is 10.4. The van der Waals surface area contributed by atoms with E-state index in [9.17, 15) is 5.11 Å². The summed E-state index contributed by atoms with van der Waals surface area (Å²) in [5, 5.41) is 13.6. The predicted octanol–water partition coefficient (Wildman–Crippen LogP) is 4.40. The Balaban J connectivity index is 1.37. The van der Waals surface area contributed by atoms with Crippen LogP contribution in [0.5, 0.6) is 0 Å². The van der Waals surface area contributed by atoms with Gasteiger partial charge in [0.1, 0.15) is 18.0 Å². The number of aliphatic hydroxyl groups is 1. The molecule has 5 heteroatoms. The number of aromatic nitrogens is 2. The second kappa shape index (κ2) is 9.52. The van der Waals surface area contributed by atoms with Gasteiger partial charge in [-0.05, 0) is 36.3 Å². The lowest BCUT2D eigenvalue weighted by Crippen LogP contribution is -2.25. The van der Waals surface area contributed by atoms with Crippen LogP contribution in [0.1, 0.15) is 42.4 Å². The zero-order chi connectivity index (χ0) is 19.9. The highest BCUT2D eigenvalue weighted by Gasteiger charge is 2.19. The Morgan fingerprint density at radius 3 is 2.52 bits per heavy atom. The summed E-state index contributed by atoms with van der Waals surface area (Å²) in [6, 6.07) is 22.5. The Kier molecular flexibility index (Phi) is 6.37. The van der Waals surface area contributed by atoms with E-state index >= 15 is 0 Å². The van der Waals surface area contributed by atoms with Gasteiger partial charge in [-0.1, -0.05) is 60.7 Å². The smallest absolute Gasteiger partial charge is 0.134 e. The molecule has 1 fully saturated rings. The van der Waals surface area contributed by atoms with Crippen molar-refractivity contribution in [2.24, 2.45) is 0 Å². The monoisotopic (exact) mass is 388 g/mol. The number of nitrogens with zero attached hydrogens (tertiary/aromatic N) is 3. The van der Waals surface area contributed by atoms with Crippen LogP contribution in [0.3, 0.4) is 0 Å². The van der Waals surface area contributed by atoms with E-state index in [1.807, 2.05) is 36.4 Å². The molecule has 29 heavy (non-hydrogen) atoms. The van der Waals surface area contributed by atoms with Gasteiger partial charge in [0.05, 0.1) is 6.10 Å². The van der Waals surface area contributed by atoms with E-state index < -0.39 is 6.10 Å². The molecule has 1 aromatic heterocycles. The maximum absolute atomic E-state index is 10.4. The van der Waals surface area contributed by atoms with Crippen LogP contribution in [0.4, 0.5) is 11.6 Å². The van der Waals surface area contributed by atoms with Crippen molar-refractivity contribution in [3.05, 3.63) is 84.2 Å². The van der Waals surface area contributed by atoms with Gasteiger partial charge >= 0.3 is 0 Å². The Hall–Kier alpha value is -2.92. The summed E-state index contributed by atoms with van der Waals surface area (Å²) >= 11 is 0. The summed E-state index contributed by atoms with van der Waals surface area (Å²) in [4.78, 5) is 11.2. The first-order chi connectivity index (χ1) is 14.3. The van der Waals surface area contributed by atoms with Gasteiger partial charge in [0.25, 0.3) is 0 Å². The number of benzene rings is 2. The molecule has 2 atom stereocenters. The normalized spacial score (nSPS) is 18.1. The fourth-order valence-corrected chi connectivity index (χ4v) is 3.99. The number of aliphatic hydroxyl groups excluding tert-OH is 1. The highest BCUT2D eigenvalue weighted by Crippen LogP contribution is 2.29. The molecular formula is C24H28N4O. The summed E-state index contributed by atoms with van der Waals surface area (Å²) < 4.78 is 0. The molecule has 150 valence electrons. The Morgan fingerprint density at radius 2 is 1.72 bits per heavy atom. The molecular weight excluding hydrogens is 360 g/mol. The fourth-order valence-electron chi connectivity index (χ4n) is 3.99. The molecule has 0 aliphatic carbocycles. The third-order valence-electron chi connectivity index (χ3n) is 5.64. The van der Waals surface area contributed by atoms with Gasteiger partial charge in [0, 0.05) is 25.7 Å². The highest BCUT2D eigenvalue weighted by atomic mass is 16.3. The van der Waals surface area contributed by atoms with Crippen LogP contribution in [-0.2, 0) is 0 Å². The summed E-state index contributed by atoms with van der Waals surface area (Å²) in [7, 11) is 0. The zero-order valence-electron chi connectivity index (χ0n) is 16.6. The van der Waals surface area contributed by atoms with E-state index in [-0.39, 0.29) is 0 Å². The molecule has 1 aliphatic rings. The van der Waals surface area contributed by atoms with Crippen LogP contribution in [0.2, 0.25) is 0 Å². The SMILES string of the molecule is OC(CNc1cc(N2CCCC(c3ccccc3)CC2)ncn1)c1ccccc1. The minimum absolute atomic E-state index is 0.413. The molecule has 5 nitrogen and oxygen atoms in total. The van der Waals surface area contributed by atoms with Crippen molar-refractivity contribution in [3.63, 3.8) is 0 Å². The molecule has 0 saturated carbocycles. The van der Waals surface area contributed by atoms with Gasteiger partial charge in [-0.25, -0.2) is 9.97 Å². The van der Waals surface area contributed by atoms with Gasteiger partial charge in [-0.15, -0.1) is 0 Å². The molecule has 0 radical (unpaired) electrons. The summed E-state index contributed by atoms with van der Waals surface area (Å²) in [5.74, 6) is 2.31. The van der Waals surface area contributed by atoms with Crippen molar-refractivity contribution < 1.29 is 5.11 Å². The van der Waals surface area contributed by atoms with Crippen molar-refractivity contribution >= 4 is 11.6 Å². The number of rotatable bonds is 6. The van der Waals surface area contributed by atoms with Crippen LogP contribution < -0.4 is 10.2 Å². The first-order valence-electron chi connectivity index (χ1n) is 10.4. The van der Waals surface area contributed by atoms with Crippen molar-refractivity contribution in [2.75, 3.05) is 29.9 Å². The molecule has 2 aromatic carbocycles. The maximum Gasteiger partial charge on any atom is 0.134 e. The Bertz CT molecular complexity index is 888. The quantitative estimate of drug-likeness (QED) is 0.656. The third kappa shape index (κ3) is 5.12. The molecule has 1 aliphatic heterocycles. The van der Waals surface area contributed by atoms with Crippen LogP contribution in [0.25, 0.3) is 0 Å². The summed E-state index contributed by atoms with van der Waals surface area (Å²) in [5.41, 5.74) is 2.34. The fraction of sp³-hybridized carbons (Fsp3) is 0.333. The van der Waals surface area contributed by atoms with Crippen molar-refractivity contribution in [1.82, 2.24) is 9.97 Å². The lowest BCUT2D eigenvalue weighted by Gasteiger charge is -2.22. The highest BCUT2D eigenvalue weighted by molar-refractivity contribution is 5.48. The van der Waals surface area contributed by atoms with Gasteiger partial charge in [-0.3, -0.25) is 0 Å². The van der Waals surface area contributed by atoms with E-state index in [0.717, 1.165) is 43.1 Å². The van der Waals surface area contributed by atoms with Crippen molar-refractivity contribution in [1.29, 1.82) is 0 Å². The molecule has 2 N–H and O–H groups in total. The molecule has 3 aromatic rings. The van der Waals surface area contributed by atoms with Crippen LogP contribution in [0, 0.1) is 0 Å². The summed E-state index contributed by atoms with van der Waals surface area (Å²) in [6.45, 7) is 2.41. The molecule has 0 spiro atoms. The number of nitrogens with one attached hydrogen (secondary N) is 1. The molecule has 2 unspecified atom stereocenters. The van der Waals surface area contributed by atoms with Crippen LogP contribution >= 0.6 is 0 Å². The first-order valence-corrected chi connectivity index (χ1v) is 10.4. The second-order valence-electron chi connectivity index (χ2n) is 7.59. The van der Waals surface area contributed by atoms with E-state index in [4.69, 9.17) is 0 Å². The average molecular weight is 389 g/mol. The van der Waals surface area contributed by atoms with Crippen molar-refractivity contribution in [3.8, 4) is 0 Å². The number of anilines is 2. The standard InChI is InChI=1S/C24H28N4O/c29-22(21-10-5-2-6-11-21)17-25-23-16-24(27-18-26-23)28-14-7-12-20(13-15-28)19-8-3-1-4-9-19/h1-6,8-11,16,18,20,22,29H,7,12-15,17H2,(H,25,26,27). The van der Waals surface area contributed by atoms with Gasteiger partial charge in [0.15, 0.2) is 0 Å². The van der Waals surface area contributed by atoms with Gasteiger partial charge in [-0.2, -0.15) is 0 Å². The van der Waals surface area contributed by atoms with E-state index in [1.54, 1.807) is 6.33 Å². The predicted molar refractivity (Wildman–Crippen MR) is 117 cm³/mol. The Morgan fingerprint density at radius 1 is 0.966 bits per heavy atom. The minimum Gasteiger partial charge on any atom is -0.387 e. The van der Waals surface area contributed by atoms with Crippen LogP contribution in [-0.4, -0.2) is 34.7 Å². The molecule has 4 rings (SSSR count). The van der Waals surface area contributed by atoms with E-state index in [1.165, 1.54) is 12.0 Å². The summed E-state index contributed by atoms with van der Waals surface area (Å²) in [6.07, 6.45) is 4.52. The topological polar surface area (TPSA) is 61.3 Å². The first kappa shape index (κ1) is 19.4. The largest absolute Gasteiger partial charge is 0.387 e. The minimum atomic E-state index is -0.570. The lowest BCUT2D eigenvalue weighted by molar-refractivity contribution is 0.191. The number of hydrogen-bond acceptors (Lipinski definition) is 5. The third-order valence-corrected chi connectivity index (χ3v) is 5.64. The second-order valence-corrected chi connectivity index (χ2v) is 7.59. The van der Waals surface area contributed by atoms with E-state index in [2.05, 4.69) is 50.5 Å². The average Bonchev–Trinajstić information content (AvgIpc) is 3.05. The van der Waals surface area contributed by atoms with Crippen LogP contribution in [0.15, 0.2) is 73.1 Å². The molecule has 2 heterocycles. The van der Waals surface area contributed by atoms with E-state index in [0.29, 0.717) is 12.5 Å². The Labute approximate surface area is 172 Å².